The summed E-state index contributed by atoms with van der Waals surface area (Å²) in [4.78, 5) is 11.2. The highest BCUT2D eigenvalue weighted by Crippen LogP contribution is 2.23. The van der Waals surface area contributed by atoms with Crippen molar-refractivity contribution in [3.63, 3.8) is 0 Å². The number of ether oxygens (including phenoxy) is 1. The zero-order valence-electron chi connectivity index (χ0n) is 9.63. The maximum absolute atomic E-state index is 11.2. The van der Waals surface area contributed by atoms with Crippen LogP contribution in [0.15, 0.2) is 22.7 Å². The second-order valence-electron chi connectivity index (χ2n) is 3.41. The second kappa shape index (κ2) is 7.71. The molecule has 0 aliphatic rings. The van der Waals surface area contributed by atoms with Gasteiger partial charge in [-0.3, -0.25) is 4.79 Å². The third-order valence-corrected chi connectivity index (χ3v) is 3.20. The quantitative estimate of drug-likeness (QED) is 0.621. The van der Waals surface area contributed by atoms with Gasteiger partial charge in [0.15, 0.2) is 0 Å². The molecule has 1 rings (SSSR count). The molecule has 0 bridgehead atoms. The van der Waals surface area contributed by atoms with Gasteiger partial charge in [0.2, 0.25) is 0 Å². The molecule has 1 N–H and O–H groups in total. The molecule has 3 nitrogen and oxygen atoms in total. The Morgan fingerprint density at radius 3 is 2.82 bits per heavy atom. The van der Waals surface area contributed by atoms with Gasteiger partial charge in [0.25, 0.3) is 0 Å². The van der Waals surface area contributed by atoms with Crippen LogP contribution in [0.1, 0.15) is 12.5 Å². The van der Waals surface area contributed by atoms with Crippen molar-refractivity contribution < 1.29 is 9.53 Å². The average Bonchev–Trinajstić information content (AvgIpc) is 2.29. The van der Waals surface area contributed by atoms with Gasteiger partial charge in [-0.1, -0.05) is 22.0 Å². The summed E-state index contributed by atoms with van der Waals surface area (Å²) in [5.41, 5.74) is 2.15. The van der Waals surface area contributed by atoms with E-state index in [2.05, 4.69) is 43.2 Å². The summed E-state index contributed by atoms with van der Waals surface area (Å²) in [6.07, 6.45) is 0.983. The third-order valence-electron chi connectivity index (χ3n) is 2.15. The number of hydrogen-bond acceptors (Lipinski definition) is 3. The molecule has 0 saturated carbocycles. The summed E-state index contributed by atoms with van der Waals surface area (Å²) in [6, 6.07) is 6.05. The van der Waals surface area contributed by atoms with E-state index in [0.717, 1.165) is 21.9 Å². The summed E-state index contributed by atoms with van der Waals surface area (Å²) in [5.74, 6) is -0.246. The number of hydrogen-bond donors (Lipinski definition) is 1. The van der Waals surface area contributed by atoms with Crippen LogP contribution < -0.4 is 5.32 Å². The van der Waals surface area contributed by atoms with E-state index in [9.17, 15) is 4.79 Å². The van der Waals surface area contributed by atoms with E-state index >= 15 is 0 Å². The molecule has 17 heavy (non-hydrogen) atoms. The van der Waals surface area contributed by atoms with Crippen LogP contribution in [0, 0.1) is 0 Å². The van der Waals surface area contributed by atoms with E-state index in [1.54, 1.807) is 6.92 Å². The first-order chi connectivity index (χ1) is 8.17. The molecule has 0 radical (unpaired) electrons. The summed E-state index contributed by atoms with van der Waals surface area (Å²) in [5, 5.41) is 3.97. The smallest absolute Gasteiger partial charge is 0.325 e. The molecule has 5 heteroatoms. The monoisotopic (exact) mass is 363 g/mol. The van der Waals surface area contributed by atoms with Crippen molar-refractivity contribution in [3.8, 4) is 0 Å². The minimum Gasteiger partial charge on any atom is -0.465 e. The molecule has 0 unspecified atom stereocenters. The summed E-state index contributed by atoms with van der Waals surface area (Å²) in [7, 11) is 0. The lowest BCUT2D eigenvalue weighted by molar-refractivity contribution is -0.140. The Bertz CT molecular complexity index is 383. The van der Waals surface area contributed by atoms with Crippen LogP contribution in [0.3, 0.4) is 0 Å². The number of carbonyl (C=O) groups excluding carboxylic acids is 1. The van der Waals surface area contributed by atoms with E-state index in [1.807, 2.05) is 12.1 Å². The highest BCUT2D eigenvalue weighted by atomic mass is 79.9. The van der Waals surface area contributed by atoms with Gasteiger partial charge in [-0.15, -0.1) is 0 Å². The molecule has 0 amide bonds. The predicted molar refractivity (Wildman–Crippen MR) is 76.8 cm³/mol. The molecule has 0 aromatic heterocycles. The minimum absolute atomic E-state index is 0.185. The zero-order chi connectivity index (χ0) is 12.7. The van der Waals surface area contributed by atoms with Crippen LogP contribution in [0.2, 0.25) is 0 Å². The summed E-state index contributed by atoms with van der Waals surface area (Å²) in [6.45, 7) is 2.39. The second-order valence-corrected chi connectivity index (χ2v) is 5.06. The fourth-order valence-electron chi connectivity index (χ4n) is 1.35. The van der Waals surface area contributed by atoms with Crippen LogP contribution >= 0.6 is 31.9 Å². The molecule has 1 aromatic carbocycles. The van der Waals surface area contributed by atoms with Crippen molar-refractivity contribution in [1.82, 2.24) is 0 Å². The summed E-state index contributed by atoms with van der Waals surface area (Å²) < 4.78 is 5.80. The molecule has 0 spiro atoms. The third kappa shape index (κ3) is 5.08. The van der Waals surface area contributed by atoms with Crippen LogP contribution in [-0.4, -0.2) is 24.5 Å². The zero-order valence-corrected chi connectivity index (χ0v) is 12.8. The first-order valence-corrected chi connectivity index (χ1v) is 7.32. The fourth-order valence-corrected chi connectivity index (χ4v) is 2.37. The molecule has 0 saturated heterocycles. The van der Waals surface area contributed by atoms with Crippen molar-refractivity contribution in [3.05, 3.63) is 28.2 Å². The highest BCUT2D eigenvalue weighted by molar-refractivity contribution is 9.10. The Labute approximate surface area is 118 Å². The lowest BCUT2D eigenvalue weighted by Gasteiger charge is -2.09. The number of aryl methyl sites for hydroxylation is 1. The van der Waals surface area contributed by atoms with E-state index in [0.29, 0.717) is 6.61 Å². The van der Waals surface area contributed by atoms with Crippen molar-refractivity contribution in [2.75, 3.05) is 23.8 Å². The molecule has 0 aliphatic carbocycles. The van der Waals surface area contributed by atoms with E-state index in [1.165, 1.54) is 5.56 Å². The Balaban J connectivity index is 2.57. The van der Waals surface area contributed by atoms with Gasteiger partial charge in [0.05, 0.1) is 6.61 Å². The molecular weight excluding hydrogens is 350 g/mol. The Hall–Kier alpha value is -0.550. The van der Waals surface area contributed by atoms with Crippen LogP contribution in [0.5, 0.6) is 0 Å². The van der Waals surface area contributed by atoms with E-state index in [-0.39, 0.29) is 12.5 Å². The molecule has 94 valence electrons. The topological polar surface area (TPSA) is 38.3 Å². The number of anilines is 1. The number of halogens is 2. The number of carbonyl (C=O) groups is 1. The Morgan fingerprint density at radius 1 is 1.47 bits per heavy atom. The maximum atomic E-state index is 11.2. The number of esters is 1. The lowest BCUT2D eigenvalue weighted by Crippen LogP contribution is -2.16. The van der Waals surface area contributed by atoms with E-state index in [4.69, 9.17) is 4.74 Å². The van der Waals surface area contributed by atoms with Crippen molar-refractivity contribution in [2.45, 2.75) is 13.3 Å². The molecular formula is C12H15Br2NO2. The number of rotatable bonds is 6. The lowest BCUT2D eigenvalue weighted by atomic mass is 10.1. The van der Waals surface area contributed by atoms with Crippen molar-refractivity contribution in [1.29, 1.82) is 0 Å². The predicted octanol–water partition coefficient (Wildman–Crippen LogP) is 3.36. The number of alkyl halides is 1. The van der Waals surface area contributed by atoms with Gasteiger partial charge in [-0.25, -0.2) is 0 Å². The fraction of sp³-hybridized carbons (Fsp3) is 0.417. The summed E-state index contributed by atoms with van der Waals surface area (Å²) >= 11 is 6.88. The van der Waals surface area contributed by atoms with Crippen LogP contribution in [0.25, 0.3) is 0 Å². The first kappa shape index (κ1) is 14.5. The van der Waals surface area contributed by atoms with Gasteiger partial charge < -0.3 is 10.1 Å². The van der Waals surface area contributed by atoms with Gasteiger partial charge in [-0.2, -0.15) is 0 Å². The maximum Gasteiger partial charge on any atom is 0.325 e. The number of nitrogens with one attached hydrogen (secondary N) is 1. The van der Waals surface area contributed by atoms with Gasteiger partial charge >= 0.3 is 5.97 Å². The standard InChI is InChI=1S/C12H15Br2NO2/c1-2-17-12(16)8-15-11-4-3-9(5-6-13)7-10(11)14/h3-4,7,15H,2,5-6,8H2,1H3. The van der Waals surface area contributed by atoms with Crippen molar-refractivity contribution >= 4 is 43.5 Å². The van der Waals surface area contributed by atoms with Crippen molar-refractivity contribution in [2.24, 2.45) is 0 Å². The SMILES string of the molecule is CCOC(=O)CNc1ccc(CCBr)cc1Br. The molecule has 0 fully saturated rings. The number of benzene rings is 1. The normalized spacial score (nSPS) is 10.1. The first-order valence-electron chi connectivity index (χ1n) is 5.41. The average molecular weight is 365 g/mol. The van der Waals surface area contributed by atoms with Crippen LogP contribution in [-0.2, 0) is 16.0 Å². The highest BCUT2D eigenvalue weighted by Gasteiger charge is 2.04. The Kier molecular flexibility index (Phi) is 6.58. The van der Waals surface area contributed by atoms with Crippen LogP contribution in [0.4, 0.5) is 5.69 Å². The molecule has 0 aliphatic heterocycles. The Morgan fingerprint density at radius 2 is 2.24 bits per heavy atom. The molecule has 1 aromatic rings. The largest absolute Gasteiger partial charge is 0.465 e. The van der Waals surface area contributed by atoms with Gasteiger partial charge in [-0.05, 0) is 47.0 Å². The molecule has 0 atom stereocenters. The van der Waals surface area contributed by atoms with Gasteiger partial charge in [0, 0.05) is 15.5 Å². The minimum atomic E-state index is -0.246. The van der Waals surface area contributed by atoms with E-state index < -0.39 is 0 Å². The molecule has 0 heterocycles. The van der Waals surface area contributed by atoms with Gasteiger partial charge in [0.1, 0.15) is 6.54 Å².